The first-order valence-corrected chi connectivity index (χ1v) is 10.5. The van der Waals surface area contributed by atoms with Crippen LogP contribution >= 0.6 is 0 Å². The van der Waals surface area contributed by atoms with Crippen LogP contribution in [-0.2, 0) is 16.0 Å². The van der Waals surface area contributed by atoms with Crippen molar-refractivity contribution in [1.29, 1.82) is 0 Å². The molecule has 0 spiro atoms. The maximum absolute atomic E-state index is 12.5. The number of aryl methyl sites for hydroxylation is 3. The number of para-hydroxylation sites is 1. The first kappa shape index (κ1) is 21.8. The summed E-state index contributed by atoms with van der Waals surface area (Å²) >= 11 is 0. The number of hydrogen-bond donors (Lipinski definition) is 1. The second kappa shape index (κ2) is 10.3. The fourth-order valence-corrected chi connectivity index (χ4v) is 3.75. The van der Waals surface area contributed by atoms with Gasteiger partial charge < -0.3 is 15.0 Å². The number of anilines is 1. The van der Waals surface area contributed by atoms with Gasteiger partial charge in [-0.05, 0) is 55.2 Å². The molecule has 1 saturated heterocycles. The lowest BCUT2D eigenvalue weighted by Crippen LogP contribution is -2.51. The lowest BCUT2D eigenvalue weighted by Gasteiger charge is -2.34. The van der Waals surface area contributed by atoms with E-state index in [-0.39, 0.29) is 18.4 Å². The largest absolute Gasteiger partial charge is 0.484 e. The van der Waals surface area contributed by atoms with Crippen molar-refractivity contribution < 1.29 is 14.3 Å². The molecule has 2 amide bonds. The zero-order valence-corrected chi connectivity index (χ0v) is 18.1. The van der Waals surface area contributed by atoms with Gasteiger partial charge in [-0.1, -0.05) is 31.2 Å². The molecule has 1 fully saturated rings. The first-order valence-electron chi connectivity index (χ1n) is 10.5. The topological polar surface area (TPSA) is 61.9 Å². The normalized spacial score (nSPS) is 14.4. The van der Waals surface area contributed by atoms with Crippen molar-refractivity contribution in [2.24, 2.45) is 0 Å². The molecule has 0 aliphatic carbocycles. The van der Waals surface area contributed by atoms with Crippen molar-refractivity contribution in [3.05, 3.63) is 59.2 Å². The summed E-state index contributed by atoms with van der Waals surface area (Å²) in [5.41, 5.74) is 4.24. The molecule has 30 heavy (non-hydrogen) atoms. The maximum atomic E-state index is 12.5. The molecule has 6 nitrogen and oxygen atoms in total. The minimum absolute atomic E-state index is 0.0184. The van der Waals surface area contributed by atoms with Gasteiger partial charge >= 0.3 is 0 Å². The van der Waals surface area contributed by atoms with E-state index in [1.54, 1.807) is 0 Å². The second-order valence-corrected chi connectivity index (χ2v) is 7.83. The van der Waals surface area contributed by atoms with Crippen molar-refractivity contribution in [2.45, 2.75) is 27.2 Å². The van der Waals surface area contributed by atoms with Crippen molar-refractivity contribution in [3.8, 4) is 5.75 Å². The third kappa shape index (κ3) is 6.07. The van der Waals surface area contributed by atoms with Gasteiger partial charge in [-0.3, -0.25) is 14.5 Å². The molecule has 160 valence electrons. The molecule has 0 saturated carbocycles. The highest BCUT2D eigenvalue weighted by Gasteiger charge is 2.23. The van der Waals surface area contributed by atoms with E-state index in [2.05, 4.69) is 23.2 Å². The number of amides is 2. The van der Waals surface area contributed by atoms with Gasteiger partial charge in [0.05, 0.1) is 6.54 Å². The Morgan fingerprint density at radius 1 is 1.00 bits per heavy atom. The monoisotopic (exact) mass is 409 g/mol. The van der Waals surface area contributed by atoms with E-state index in [1.165, 1.54) is 0 Å². The lowest BCUT2D eigenvalue weighted by atomic mass is 10.1. The minimum Gasteiger partial charge on any atom is -0.484 e. The molecule has 0 radical (unpaired) electrons. The van der Waals surface area contributed by atoms with Crippen molar-refractivity contribution >= 4 is 17.5 Å². The predicted octanol–water partition coefficient (Wildman–Crippen LogP) is 3.03. The number of carbonyl (C=O) groups is 2. The zero-order chi connectivity index (χ0) is 21.5. The molecule has 0 unspecified atom stereocenters. The summed E-state index contributed by atoms with van der Waals surface area (Å²) in [7, 11) is 0. The molecule has 1 heterocycles. The SMILES string of the molecule is CCc1ccccc1NC(=O)CN1CCN(C(=O)COc2cc(C)cc(C)c2)CC1. The molecule has 1 aliphatic rings. The number of benzene rings is 2. The quantitative estimate of drug-likeness (QED) is 0.764. The number of ether oxygens (including phenoxy) is 1. The summed E-state index contributed by atoms with van der Waals surface area (Å²) in [6.45, 7) is 9.04. The maximum Gasteiger partial charge on any atom is 0.260 e. The molecule has 0 bridgehead atoms. The Bertz CT molecular complexity index is 869. The van der Waals surface area contributed by atoms with Crippen molar-refractivity contribution in [1.82, 2.24) is 9.80 Å². The van der Waals surface area contributed by atoms with Crippen LogP contribution in [0.2, 0.25) is 0 Å². The Labute approximate surface area is 178 Å². The van der Waals surface area contributed by atoms with Gasteiger partial charge in [0.15, 0.2) is 6.61 Å². The summed E-state index contributed by atoms with van der Waals surface area (Å²) in [6.07, 6.45) is 0.876. The van der Waals surface area contributed by atoms with Crippen LogP contribution in [0.5, 0.6) is 5.75 Å². The molecular weight excluding hydrogens is 378 g/mol. The number of hydrogen-bond acceptors (Lipinski definition) is 4. The van der Waals surface area contributed by atoms with Gasteiger partial charge in [-0.25, -0.2) is 0 Å². The van der Waals surface area contributed by atoms with Crippen LogP contribution in [0.1, 0.15) is 23.6 Å². The second-order valence-electron chi connectivity index (χ2n) is 7.83. The van der Waals surface area contributed by atoms with Crippen molar-refractivity contribution in [3.63, 3.8) is 0 Å². The van der Waals surface area contributed by atoms with Gasteiger partial charge in [0, 0.05) is 31.9 Å². The number of nitrogens with zero attached hydrogens (tertiary/aromatic N) is 2. The number of carbonyl (C=O) groups excluding carboxylic acids is 2. The standard InChI is InChI=1S/C24H31N3O3/c1-4-20-7-5-6-8-22(20)25-23(28)16-26-9-11-27(12-10-26)24(29)17-30-21-14-18(2)13-19(3)15-21/h5-8,13-15H,4,9-12,16-17H2,1-3H3,(H,25,28). The highest BCUT2D eigenvalue weighted by atomic mass is 16.5. The van der Waals surface area contributed by atoms with Gasteiger partial charge in [0.25, 0.3) is 5.91 Å². The van der Waals surface area contributed by atoms with Crippen molar-refractivity contribution in [2.75, 3.05) is 44.6 Å². The van der Waals surface area contributed by atoms with Crippen LogP contribution < -0.4 is 10.1 Å². The van der Waals surface area contributed by atoms with E-state index in [9.17, 15) is 9.59 Å². The summed E-state index contributed by atoms with van der Waals surface area (Å²) in [5, 5.41) is 3.01. The van der Waals surface area contributed by atoms with E-state index in [4.69, 9.17) is 4.74 Å². The van der Waals surface area contributed by atoms with Crippen LogP contribution in [0.3, 0.4) is 0 Å². The molecule has 6 heteroatoms. The van der Waals surface area contributed by atoms with Crippen LogP contribution in [-0.4, -0.2) is 60.9 Å². The number of nitrogens with one attached hydrogen (secondary N) is 1. The molecule has 3 rings (SSSR count). The highest BCUT2D eigenvalue weighted by Crippen LogP contribution is 2.17. The third-order valence-electron chi connectivity index (χ3n) is 5.32. The lowest BCUT2D eigenvalue weighted by molar-refractivity contribution is -0.135. The van der Waals surface area contributed by atoms with Crippen LogP contribution in [0.4, 0.5) is 5.69 Å². The predicted molar refractivity (Wildman–Crippen MR) is 119 cm³/mol. The summed E-state index contributed by atoms with van der Waals surface area (Å²) in [4.78, 5) is 28.8. The van der Waals surface area contributed by atoms with Gasteiger partial charge in [0.2, 0.25) is 5.91 Å². The Morgan fingerprint density at radius 2 is 1.67 bits per heavy atom. The Hall–Kier alpha value is -2.86. The summed E-state index contributed by atoms with van der Waals surface area (Å²) < 4.78 is 5.69. The van der Waals surface area contributed by atoms with Crippen LogP contribution in [0, 0.1) is 13.8 Å². The smallest absolute Gasteiger partial charge is 0.260 e. The van der Waals surface area contributed by atoms with E-state index >= 15 is 0 Å². The molecule has 0 aromatic heterocycles. The summed E-state index contributed by atoms with van der Waals surface area (Å²) in [6, 6.07) is 13.8. The van der Waals surface area contributed by atoms with E-state index in [0.29, 0.717) is 32.7 Å². The Kier molecular flexibility index (Phi) is 7.46. The molecule has 1 N–H and O–H groups in total. The third-order valence-corrected chi connectivity index (χ3v) is 5.32. The first-order chi connectivity index (χ1) is 14.4. The van der Waals surface area contributed by atoms with Crippen LogP contribution in [0.25, 0.3) is 0 Å². The molecule has 1 aliphatic heterocycles. The molecule has 2 aromatic carbocycles. The highest BCUT2D eigenvalue weighted by molar-refractivity contribution is 5.93. The molecular formula is C24H31N3O3. The zero-order valence-electron chi connectivity index (χ0n) is 18.1. The average molecular weight is 410 g/mol. The van der Waals surface area contributed by atoms with Gasteiger partial charge in [0.1, 0.15) is 5.75 Å². The van der Waals surface area contributed by atoms with Gasteiger partial charge in [-0.15, -0.1) is 0 Å². The Balaban J connectivity index is 1.42. The minimum atomic E-state index is -0.0196. The average Bonchev–Trinajstić information content (AvgIpc) is 2.72. The fourth-order valence-electron chi connectivity index (χ4n) is 3.75. The molecule has 0 atom stereocenters. The van der Waals surface area contributed by atoms with E-state index in [1.807, 2.05) is 55.1 Å². The molecule has 2 aromatic rings. The van der Waals surface area contributed by atoms with E-state index < -0.39 is 0 Å². The fraction of sp³-hybridized carbons (Fsp3) is 0.417. The number of piperazine rings is 1. The van der Waals surface area contributed by atoms with Gasteiger partial charge in [-0.2, -0.15) is 0 Å². The number of rotatable bonds is 7. The van der Waals surface area contributed by atoms with E-state index in [0.717, 1.165) is 34.5 Å². The Morgan fingerprint density at radius 3 is 2.33 bits per heavy atom. The van der Waals surface area contributed by atoms with Crippen LogP contribution in [0.15, 0.2) is 42.5 Å². The summed E-state index contributed by atoms with van der Waals surface area (Å²) in [5.74, 6) is 0.687.